The van der Waals surface area contributed by atoms with E-state index in [4.69, 9.17) is 4.74 Å². The van der Waals surface area contributed by atoms with Crippen molar-refractivity contribution in [3.8, 4) is 0 Å². The first kappa shape index (κ1) is 6.59. The average molecular weight is 128 g/mol. The van der Waals surface area contributed by atoms with E-state index in [0.717, 1.165) is 0 Å². The normalized spacial score (nSPS) is 34.0. The Hall–Kier alpha value is -0.530. The summed E-state index contributed by atoms with van der Waals surface area (Å²) in [6.07, 6.45) is 0.178. The molecule has 0 unspecified atom stereocenters. The average Bonchev–Trinajstić information content (AvgIpc) is 1.81. The zero-order valence-electron chi connectivity index (χ0n) is 6.05. The van der Waals surface area contributed by atoms with Crippen LogP contribution in [-0.4, -0.2) is 12.1 Å². The van der Waals surface area contributed by atoms with Crippen molar-refractivity contribution in [2.75, 3.05) is 0 Å². The van der Waals surface area contributed by atoms with Gasteiger partial charge in [0, 0.05) is 0 Å². The van der Waals surface area contributed by atoms with Gasteiger partial charge < -0.3 is 4.74 Å². The molecule has 0 amide bonds. The van der Waals surface area contributed by atoms with Crippen molar-refractivity contribution in [1.82, 2.24) is 0 Å². The summed E-state index contributed by atoms with van der Waals surface area (Å²) < 4.78 is 4.87. The summed E-state index contributed by atoms with van der Waals surface area (Å²) in [7, 11) is 0. The van der Waals surface area contributed by atoms with Crippen LogP contribution >= 0.6 is 0 Å². The van der Waals surface area contributed by atoms with Gasteiger partial charge >= 0.3 is 5.97 Å². The minimum Gasteiger partial charge on any atom is -0.461 e. The van der Waals surface area contributed by atoms with Gasteiger partial charge in [-0.25, -0.2) is 0 Å². The Balaban J connectivity index is 2.42. The van der Waals surface area contributed by atoms with E-state index in [9.17, 15) is 4.79 Å². The van der Waals surface area contributed by atoms with E-state index >= 15 is 0 Å². The number of hydrogen-bond donors (Lipinski definition) is 0. The Morgan fingerprint density at radius 1 is 1.56 bits per heavy atom. The molecule has 1 rings (SSSR count). The summed E-state index contributed by atoms with van der Waals surface area (Å²) >= 11 is 0. The molecule has 1 saturated heterocycles. The van der Waals surface area contributed by atoms with E-state index in [1.807, 2.05) is 6.92 Å². The highest BCUT2D eigenvalue weighted by Crippen LogP contribution is 2.27. The van der Waals surface area contributed by atoms with Crippen LogP contribution in [0.25, 0.3) is 0 Å². The number of hydrogen-bond acceptors (Lipinski definition) is 2. The van der Waals surface area contributed by atoms with Crippen LogP contribution in [0.15, 0.2) is 0 Å². The van der Waals surface area contributed by atoms with Crippen LogP contribution in [0.1, 0.15) is 20.8 Å². The van der Waals surface area contributed by atoms with Gasteiger partial charge in [0.05, 0.1) is 5.92 Å². The molecular formula is C7H12O2. The Kier molecular flexibility index (Phi) is 1.47. The standard InChI is InChI=1S/C7H12O2/c1-4(2)6-5(3)7(8)9-6/h4-6H,1-3H3/t5-,6+/m0/s1. The van der Waals surface area contributed by atoms with Gasteiger partial charge in [-0.3, -0.25) is 4.79 Å². The second-order valence-corrected chi connectivity index (χ2v) is 2.93. The predicted octanol–water partition coefficient (Wildman–Crippen LogP) is 1.20. The summed E-state index contributed by atoms with van der Waals surface area (Å²) in [5.74, 6) is 0.552. The highest BCUT2D eigenvalue weighted by Gasteiger charge is 2.40. The second kappa shape index (κ2) is 2.01. The van der Waals surface area contributed by atoms with Crippen LogP contribution in [-0.2, 0) is 9.53 Å². The molecule has 0 N–H and O–H groups in total. The maximum absolute atomic E-state index is 10.5. The van der Waals surface area contributed by atoms with Crippen molar-refractivity contribution in [2.45, 2.75) is 26.9 Å². The molecular weight excluding hydrogens is 116 g/mol. The van der Waals surface area contributed by atoms with Crippen LogP contribution in [0.5, 0.6) is 0 Å². The molecule has 0 aromatic carbocycles. The number of esters is 1. The molecule has 0 aromatic rings. The third-order valence-corrected chi connectivity index (χ3v) is 1.77. The van der Waals surface area contributed by atoms with Gasteiger partial charge in [0.15, 0.2) is 0 Å². The number of cyclic esters (lactones) is 1. The van der Waals surface area contributed by atoms with Crippen LogP contribution in [0.4, 0.5) is 0 Å². The molecule has 0 spiro atoms. The first-order valence-corrected chi connectivity index (χ1v) is 3.33. The lowest BCUT2D eigenvalue weighted by Crippen LogP contribution is -2.46. The van der Waals surface area contributed by atoms with E-state index in [-0.39, 0.29) is 18.0 Å². The fourth-order valence-corrected chi connectivity index (χ4v) is 1.12. The molecule has 2 heteroatoms. The molecule has 1 fully saturated rings. The summed E-state index contributed by atoms with van der Waals surface area (Å²) in [5.41, 5.74) is 0. The molecule has 0 aromatic heterocycles. The monoisotopic (exact) mass is 128 g/mol. The highest BCUT2D eigenvalue weighted by atomic mass is 16.6. The molecule has 0 saturated carbocycles. The van der Waals surface area contributed by atoms with E-state index in [1.54, 1.807) is 0 Å². The lowest BCUT2D eigenvalue weighted by Gasteiger charge is -2.35. The third kappa shape index (κ3) is 0.934. The Labute approximate surface area is 55.2 Å². The molecule has 9 heavy (non-hydrogen) atoms. The number of carbonyl (C=O) groups is 1. The Bertz CT molecular complexity index is 129. The van der Waals surface area contributed by atoms with Gasteiger partial charge in [-0.15, -0.1) is 0 Å². The molecule has 1 aliphatic rings. The fraction of sp³-hybridized carbons (Fsp3) is 0.857. The zero-order chi connectivity index (χ0) is 7.02. The van der Waals surface area contributed by atoms with Gasteiger partial charge in [0.1, 0.15) is 6.10 Å². The topological polar surface area (TPSA) is 26.3 Å². The quantitative estimate of drug-likeness (QED) is 0.496. The van der Waals surface area contributed by atoms with Gasteiger partial charge in [-0.2, -0.15) is 0 Å². The van der Waals surface area contributed by atoms with E-state index < -0.39 is 0 Å². The van der Waals surface area contributed by atoms with Crippen molar-refractivity contribution in [1.29, 1.82) is 0 Å². The van der Waals surface area contributed by atoms with Crippen LogP contribution in [0, 0.1) is 11.8 Å². The van der Waals surface area contributed by atoms with Gasteiger partial charge in [0.2, 0.25) is 0 Å². The van der Waals surface area contributed by atoms with E-state index in [1.165, 1.54) is 0 Å². The largest absolute Gasteiger partial charge is 0.461 e. The SMILES string of the molecule is CC(C)[C@H]1OC(=O)[C@H]1C. The number of rotatable bonds is 1. The number of ether oxygens (including phenoxy) is 1. The maximum atomic E-state index is 10.5. The smallest absolute Gasteiger partial charge is 0.312 e. The first-order chi connectivity index (χ1) is 4.13. The number of carbonyl (C=O) groups excluding carboxylic acids is 1. The van der Waals surface area contributed by atoms with Gasteiger partial charge in [-0.1, -0.05) is 13.8 Å². The second-order valence-electron chi connectivity index (χ2n) is 2.93. The lowest BCUT2D eigenvalue weighted by atomic mass is 9.90. The Morgan fingerprint density at radius 2 is 2.11 bits per heavy atom. The Morgan fingerprint density at radius 3 is 2.22 bits per heavy atom. The molecule has 2 atom stereocenters. The molecule has 0 aliphatic carbocycles. The maximum Gasteiger partial charge on any atom is 0.312 e. The van der Waals surface area contributed by atoms with Crippen molar-refractivity contribution < 1.29 is 9.53 Å². The fourth-order valence-electron chi connectivity index (χ4n) is 1.12. The summed E-state index contributed by atoms with van der Waals surface area (Å²) in [4.78, 5) is 10.5. The molecule has 1 heterocycles. The van der Waals surface area contributed by atoms with Crippen LogP contribution in [0.2, 0.25) is 0 Å². The third-order valence-electron chi connectivity index (χ3n) is 1.77. The molecule has 2 nitrogen and oxygen atoms in total. The van der Waals surface area contributed by atoms with Crippen molar-refractivity contribution in [3.63, 3.8) is 0 Å². The molecule has 0 radical (unpaired) electrons. The highest BCUT2D eigenvalue weighted by molar-refractivity contribution is 5.78. The van der Waals surface area contributed by atoms with Crippen molar-refractivity contribution in [3.05, 3.63) is 0 Å². The first-order valence-electron chi connectivity index (χ1n) is 3.33. The predicted molar refractivity (Wildman–Crippen MR) is 33.9 cm³/mol. The summed E-state index contributed by atoms with van der Waals surface area (Å²) in [6, 6.07) is 0. The minimum atomic E-state index is -0.0475. The summed E-state index contributed by atoms with van der Waals surface area (Å²) in [5, 5.41) is 0. The van der Waals surface area contributed by atoms with Gasteiger partial charge in [-0.05, 0) is 12.8 Å². The van der Waals surface area contributed by atoms with Crippen LogP contribution in [0.3, 0.4) is 0 Å². The molecule has 52 valence electrons. The van der Waals surface area contributed by atoms with Crippen LogP contribution < -0.4 is 0 Å². The summed E-state index contributed by atoms with van der Waals surface area (Å²) in [6.45, 7) is 6.04. The van der Waals surface area contributed by atoms with Crippen molar-refractivity contribution in [2.24, 2.45) is 11.8 Å². The van der Waals surface area contributed by atoms with Gasteiger partial charge in [0.25, 0.3) is 0 Å². The molecule has 0 bridgehead atoms. The minimum absolute atomic E-state index is 0.0475. The lowest BCUT2D eigenvalue weighted by molar-refractivity contribution is -0.187. The van der Waals surface area contributed by atoms with Crippen molar-refractivity contribution >= 4 is 5.97 Å². The zero-order valence-corrected chi connectivity index (χ0v) is 6.05. The van der Waals surface area contributed by atoms with E-state index in [0.29, 0.717) is 5.92 Å². The molecule has 1 aliphatic heterocycles. The van der Waals surface area contributed by atoms with E-state index in [2.05, 4.69) is 13.8 Å².